The second-order valence-corrected chi connectivity index (χ2v) is 4.64. The van der Waals surface area contributed by atoms with Gasteiger partial charge >= 0.3 is 5.97 Å². The number of nitrogens with zero attached hydrogens (tertiary/aromatic N) is 1. The Kier molecular flexibility index (Phi) is 3.16. The van der Waals surface area contributed by atoms with E-state index in [0.29, 0.717) is 22.1 Å². The number of fused-ring (bicyclic) bond motifs is 1. The summed E-state index contributed by atoms with van der Waals surface area (Å²) in [5.41, 5.74) is 2.63. The lowest BCUT2D eigenvalue weighted by Gasteiger charge is -1.99. The minimum atomic E-state index is -0.374. The van der Waals surface area contributed by atoms with Crippen molar-refractivity contribution in [3.8, 4) is 11.5 Å². The number of hydrogen-bond acceptors (Lipinski definition) is 4. The number of rotatable bonds is 2. The highest BCUT2D eigenvalue weighted by Gasteiger charge is 2.10. The standard InChI is InChI=1S/C15H10ClNO3/c1-19-15(18)10-4-2-9(3-5-10)14-17-12-7-6-11(16)8-13(12)20-14/h2-8H,1H3. The van der Waals surface area contributed by atoms with Crippen LogP contribution in [0.4, 0.5) is 0 Å². The molecule has 0 aliphatic carbocycles. The SMILES string of the molecule is COC(=O)c1ccc(-c2nc3ccc(Cl)cc3o2)cc1. The van der Waals surface area contributed by atoms with E-state index in [1.807, 2.05) is 0 Å². The molecule has 4 nitrogen and oxygen atoms in total. The van der Waals surface area contributed by atoms with Crippen LogP contribution in [0, 0.1) is 0 Å². The quantitative estimate of drug-likeness (QED) is 0.670. The van der Waals surface area contributed by atoms with E-state index in [-0.39, 0.29) is 5.97 Å². The predicted molar refractivity (Wildman–Crippen MR) is 75.8 cm³/mol. The van der Waals surface area contributed by atoms with Crippen molar-refractivity contribution in [3.05, 3.63) is 53.1 Å². The molecule has 0 amide bonds. The molecule has 0 spiro atoms. The second-order valence-electron chi connectivity index (χ2n) is 4.20. The van der Waals surface area contributed by atoms with Crippen molar-refractivity contribution in [2.45, 2.75) is 0 Å². The van der Waals surface area contributed by atoms with E-state index in [0.717, 1.165) is 11.1 Å². The van der Waals surface area contributed by atoms with Gasteiger partial charge in [0.05, 0.1) is 12.7 Å². The van der Waals surface area contributed by atoms with Crippen molar-refractivity contribution in [3.63, 3.8) is 0 Å². The molecule has 100 valence electrons. The van der Waals surface area contributed by atoms with Crippen LogP contribution in [0.1, 0.15) is 10.4 Å². The van der Waals surface area contributed by atoms with Gasteiger partial charge in [0.25, 0.3) is 0 Å². The van der Waals surface area contributed by atoms with Gasteiger partial charge in [0.1, 0.15) is 5.52 Å². The van der Waals surface area contributed by atoms with Gasteiger partial charge in [-0.1, -0.05) is 11.6 Å². The van der Waals surface area contributed by atoms with E-state index in [4.69, 9.17) is 16.0 Å². The number of oxazole rings is 1. The summed E-state index contributed by atoms with van der Waals surface area (Å²) in [5, 5.41) is 0.598. The van der Waals surface area contributed by atoms with Crippen molar-refractivity contribution in [1.29, 1.82) is 0 Å². The van der Waals surface area contributed by atoms with Crippen molar-refractivity contribution >= 4 is 28.7 Å². The van der Waals surface area contributed by atoms with Gasteiger partial charge in [-0.3, -0.25) is 0 Å². The van der Waals surface area contributed by atoms with E-state index in [2.05, 4.69) is 9.72 Å². The van der Waals surface area contributed by atoms with Gasteiger partial charge in [0.15, 0.2) is 5.58 Å². The maximum Gasteiger partial charge on any atom is 0.337 e. The molecule has 0 aliphatic heterocycles. The first-order chi connectivity index (χ1) is 9.67. The van der Waals surface area contributed by atoms with Crippen LogP contribution in [0.3, 0.4) is 0 Å². The van der Waals surface area contributed by atoms with E-state index in [1.165, 1.54) is 7.11 Å². The summed E-state index contributed by atoms with van der Waals surface area (Å²) < 4.78 is 10.3. The summed E-state index contributed by atoms with van der Waals surface area (Å²) in [5.74, 6) is 0.111. The molecule has 20 heavy (non-hydrogen) atoms. The summed E-state index contributed by atoms with van der Waals surface area (Å²) in [7, 11) is 1.35. The normalized spacial score (nSPS) is 10.7. The number of aromatic nitrogens is 1. The molecular weight excluding hydrogens is 278 g/mol. The number of ether oxygens (including phenoxy) is 1. The van der Waals surface area contributed by atoms with Gasteiger partial charge < -0.3 is 9.15 Å². The minimum absolute atomic E-state index is 0.374. The Morgan fingerprint density at radius 1 is 1.20 bits per heavy atom. The molecule has 1 aromatic heterocycles. The molecule has 2 aromatic carbocycles. The number of hydrogen-bond donors (Lipinski definition) is 0. The highest BCUT2D eigenvalue weighted by molar-refractivity contribution is 6.31. The number of benzene rings is 2. The van der Waals surface area contributed by atoms with E-state index in [9.17, 15) is 4.79 Å². The van der Waals surface area contributed by atoms with Gasteiger partial charge in [0.2, 0.25) is 5.89 Å². The number of carbonyl (C=O) groups excluding carboxylic acids is 1. The van der Waals surface area contributed by atoms with Crippen molar-refractivity contribution in [2.24, 2.45) is 0 Å². The Hall–Kier alpha value is -2.33. The van der Waals surface area contributed by atoms with Gasteiger partial charge in [-0.25, -0.2) is 9.78 Å². The zero-order chi connectivity index (χ0) is 14.1. The molecule has 0 bridgehead atoms. The van der Waals surface area contributed by atoms with E-state index in [1.54, 1.807) is 42.5 Å². The fraction of sp³-hybridized carbons (Fsp3) is 0.0667. The van der Waals surface area contributed by atoms with E-state index < -0.39 is 0 Å². The number of esters is 1. The Bertz CT molecular complexity index is 777. The lowest BCUT2D eigenvalue weighted by molar-refractivity contribution is 0.0601. The third-order valence-corrected chi connectivity index (χ3v) is 3.14. The third-order valence-electron chi connectivity index (χ3n) is 2.90. The van der Waals surface area contributed by atoms with Crippen LogP contribution in [-0.4, -0.2) is 18.1 Å². The lowest BCUT2D eigenvalue weighted by atomic mass is 10.1. The molecule has 1 heterocycles. The molecule has 3 rings (SSSR count). The number of methoxy groups -OCH3 is 1. The maximum atomic E-state index is 11.4. The van der Waals surface area contributed by atoms with Crippen LogP contribution >= 0.6 is 11.6 Å². The van der Waals surface area contributed by atoms with Gasteiger partial charge in [-0.05, 0) is 36.4 Å². The first kappa shape index (κ1) is 12.7. The third kappa shape index (κ3) is 2.26. The summed E-state index contributed by atoms with van der Waals surface area (Å²) in [6.45, 7) is 0. The second kappa shape index (κ2) is 4.98. The topological polar surface area (TPSA) is 52.3 Å². The van der Waals surface area contributed by atoms with Gasteiger partial charge in [-0.2, -0.15) is 0 Å². The summed E-state index contributed by atoms with van der Waals surface area (Å²) >= 11 is 5.91. The molecule has 0 aliphatic rings. The molecular formula is C15H10ClNO3. The van der Waals surface area contributed by atoms with Gasteiger partial charge in [-0.15, -0.1) is 0 Å². The molecule has 0 saturated heterocycles. The van der Waals surface area contributed by atoms with Crippen molar-refractivity contribution in [1.82, 2.24) is 4.98 Å². The van der Waals surface area contributed by atoms with Crippen LogP contribution in [0.2, 0.25) is 5.02 Å². The fourth-order valence-electron chi connectivity index (χ4n) is 1.89. The maximum absolute atomic E-state index is 11.4. The lowest BCUT2D eigenvalue weighted by Crippen LogP contribution is -2.00. The average molecular weight is 288 g/mol. The molecule has 0 N–H and O–H groups in total. The molecule has 3 aromatic rings. The Morgan fingerprint density at radius 3 is 2.65 bits per heavy atom. The average Bonchev–Trinajstić information content (AvgIpc) is 2.89. The monoisotopic (exact) mass is 287 g/mol. The Labute approximate surface area is 119 Å². The van der Waals surface area contributed by atoms with Crippen molar-refractivity contribution < 1.29 is 13.9 Å². The van der Waals surface area contributed by atoms with Crippen molar-refractivity contribution in [2.75, 3.05) is 7.11 Å². The predicted octanol–water partition coefficient (Wildman–Crippen LogP) is 3.93. The van der Waals surface area contributed by atoms with Crippen LogP contribution in [-0.2, 0) is 4.74 Å². The number of carbonyl (C=O) groups is 1. The van der Waals surface area contributed by atoms with Crippen LogP contribution in [0.5, 0.6) is 0 Å². The summed E-state index contributed by atoms with van der Waals surface area (Å²) in [6, 6.07) is 12.1. The largest absolute Gasteiger partial charge is 0.465 e. The Balaban J connectivity index is 2.00. The molecule has 0 unspecified atom stereocenters. The van der Waals surface area contributed by atoms with Crippen LogP contribution < -0.4 is 0 Å². The number of halogens is 1. The first-order valence-corrected chi connectivity index (χ1v) is 6.30. The summed E-state index contributed by atoms with van der Waals surface area (Å²) in [6.07, 6.45) is 0. The molecule has 0 radical (unpaired) electrons. The van der Waals surface area contributed by atoms with Crippen LogP contribution in [0.15, 0.2) is 46.9 Å². The van der Waals surface area contributed by atoms with Gasteiger partial charge in [0, 0.05) is 16.7 Å². The highest BCUT2D eigenvalue weighted by atomic mass is 35.5. The molecule has 0 atom stereocenters. The first-order valence-electron chi connectivity index (χ1n) is 5.92. The minimum Gasteiger partial charge on any atom is -0.465 e. The van der Waals surface area contributed by atoms with E-state index >= 15 is 0 Å². The molecule has 0 saturated carbocycles. The molecule has 0 fully saturated rings. The zero-order valence-corrected chi connectivity index (χ0v) is 11.3. The highest BCUT2D eigenvalue weighted by Crippen LogP contribution is 2.26. The Morgan fingerprint density at radius 2 is 1.95 bits per heavy atom. The molecule has 5 heteroatoms. The van der Waals surface area contributed by atoms with Crippen LogP contribution in [0.25, 0.3) is 22.6 Å². The smallest absolute Gasteiger partial charge is 0.337 e. The zero-order valence-electron chi connectivity index (χ0n) is 10.6. The fourth-order valence-corrected chi connectivity index (χ4v) is 2.05. The summed E-state index contributed by atoms with van der Waals surface area (Å²) in [4.78, 5) is 15.7.